The summed E-state index contributed by atoms with van der Waals surface area (Å²) < 4.78 is 19.0. The number of benzene rings is 3. The molecule has 0 heterocycles. The van der Waals surface area contributed by atoms with E-state index in [2.05, 4.69) is 78.3 Å². The van der Waals surface area contributed by atoms with E-state index < -0.39 is 0 Å². The second-order valence-electron chi connectivity index (χ2n) is 15.1. The molecule has 312 valence electrons. The van der Waals surface area contributed by atoms with E-state index in [1.807, 2.05) is 66.7 Å². The molecule has 0 aliphatic carbocycles. The van der Waals surface area contributed by atoms with Gasteiger partial charge in [-0.25, -0.2) is 0 Å². The summed E-state index contributed by atoms with van der Waals surface area (Å²) in [6.45, 7) is 16.6. The Hall–Kier alpha value is -4.18. The molecular weight excluding hydrogens is 725 g/mol. The van der Waals surface area contributed by atoms with Gasteiger partial charge in [-0.05, 0) is 55.2 Å². The van der Waals surface area contributed by atoms with Crippen molar-refractivity contribution < 1.29 is 14.2 Å². The van der Waals surface area contributed by atoms with Crippen molar-refractivity contribution in [2.24, 2.45) is 48.4 Å². The maximum absolute atomic E-state index is 6.33. The minimum Gasteiger partial charge on any atom is -0.493 e. The Kier molecular flexibility index (Phi) is 24.1. The highest BCUT2D eigenvalue weighted by molar-refractivity contribution is 6.21. The van der Waals surface area contributed by atoms with Crippen LogP contribution in [0.5, 0.6) is 17.2 Å². The summed E-state index contributed by atoms with van der Waals surface area (Å²) in [4.78, 5) is 0. The van der Waals surface area contributed by atoms with E-state index in [9.17, 15) is 0 Å². The molecule has 57 heavy (non-hydrogen) atoms. The molecular formula is C47H72N6O3Si. The average Bonchev–Trinajstić information content (AvgIpc) is 3.24. The summed E-state index contributed by atoms with van der Waals surface area (Å²) in [5.74, 6) is 4.53. The normalized spacial score (nSPS) is 13.4. The van der Waals surface area contributed by atoms with Crippen LogP contribution in [0.15, 0.2) is 115 Å². The Morgan fingerprint density at radius 3 is 1.11 bits per heavy atom. The lowest BCUT2D eigenvalue weighted by atomic mass is 10.0. The van der Waals surface area contributed by atoms with Crippen LogP contribution in [0.25, 0.3) is 0 Å². The topological polar surface area (TPSA) is 102 Å². The maximum atomic E-state index is 6.33. The van der Waals surface area contributed by atoms with Crippen molar-refractivity contribution >= 4 is 10.2 Å². The van der Waals surface area contributed by atoms with E-state index in [0.29, 0.717) is 78.6 Å². The summed E-state index contributed by atoms with van der Waals surface area (Å²) in [5.41, 5.74) is 2.96. The molecule has 3 rings (SSSR count). The lowest BCUT2D eigenvalue weighted by molar-refractivity contribution is 0.231. The number of hydrogen-bond acceptors (Lipinski definition) is 9. The van der Waals surface area contributed by atoms with Crippen molar-refractivity contribution in [3.8, 4) is 17.2 Å². The second-order valence-corrected chi connectivity index (χ2v) is 16.1. The highest BCUT2D eigenvalue weighted by Crippen LogP contribution is 2.26. The first-order valence-electron chi connectivity index (χ1n) is 21.9. The molecule has 0 aromatic heterocycles. The quantitative estimate of drug-likeness (QED) is 0.0496. The van der Waals surface area contributed by atoms with Crippen LogP contribution in [-0.2, 0) is 19.6 Å². The zero-order chi connectivity index (χ0) is 40.9. The van der Waals surface area contributed by atoms with E-state index in [1.165, 1.54) is 57.8 Å². The van der Waals surface area contributed by atoms with Crippen LogP contribution in [0, 0.1) is 17.8 Å². The first kappa shape index (κ1) is 47.2. The van der Waals surface area contributed by atoms with Crippen molar-refractivity contribution in [2.75, 3.05) is 19.8 Å². The van der Waals surface area contributed by atoms with Gasteiger partial charge in [0.15, 0.2) is 0 Å². The number of ether oxygens (including phenoxy) is 3. The third kappa shape index (κ3) is 18.3. The predicted molar refractivity (Wildman–Crippen MR) is 238 cm³/mol. The minimum atomic E-state index is 0.349. The minimum absolute atomic E-state index is 0.349. The van der Waals surface area contributed by atoms with Crippen molar-refractivity contribution in [2.45, 2.75) is 138 Å². The Morgan fingerprint density at radius 1 is 0.474 bits per heavy atom. The standard InChI is InChI=1S/C47H72N6O3Si/c1-7-13-22-37(10-4)34-54-43-28-19-16-25-40(43)31-48-51-46(52-49-32-41-26-17-20-29-44(41)55-35-38(11-5)23-14-8-2)47(57)53-50-33-42-27-18-21-30-45(42)56-36-39(12-6)24-15-9-3/h16-21,25-30,37-39H,7-15,22-24,31-36H2,1-6,57H3. The number of hydrogen-bond donors (Lipinski definition) is 0. The van der Waals surface area contributed by atoms with Crippen LogP contribution in [-0.4, -0.2) is 30.1 Å². The molecule has 9 nitrogen and oxygen atoms in total. The third-order valence-electron chi connectivity index (χ3n) is 10.6. The molecule has 0 bridgehead atoms. The summed E-state index contributed by atoms with van der Waals surface area (Å²) in [5, 5.41) is 28.3. The van der Waals surface area contributed by atoms with Gasteiger partial charge >= 0.3 is 0 Å². The SMILES string of the molecule is CCCCC(CC)COc1ccccc1CN=NC([SiH3])=C(N=NCc1ccccc1OCC(CC)CCCC)N=NCc1ccccc1OCC(CC)CCCC. The van der Waals surface area contributed by atoms with Gasteiger partial charge in [-0.15, -0.1) is 10.2 Å². The molecule has 0 N–H and O–H groups in total. The van der Waals surface area contributed by atoms with Crippen molar-refractivity contribution in [1.82, 2.24) is 0 Å². The zero-order valence-corrected chi connectivity index (χ0v) is 38.3. The smallest absolute Gasteiger partial charge is 0.213 e. The largest absolute Gasteiger partial charge is 0.493 e. The molecule has 3 atom stereocenters. The van der Waals surface area contributed by atoms with E-state index in [1.54, 1.807) is 0 Å². The molecule has 0 saturated carbocycles. The van der Waals surface area contributed by atoms with Crippen molar-refractivity contribution in [1.29, 1.82) is 0 Å². The van der Waals surface area contributed by atoms with Crippen LogP contribution in [0.1, 0.15) is 135 Å². The Bertz CT molecular complexity index is 1580. The van der Waals surface area contributed by atoms with Crippen LogP contribution >= 0.6 is 0 Å². The summed E-state index contributed by atoms with van der Waals surface area (Å²) in [7, 11) is 0.547. The molecule has 0 radical (unpaired) electrons. The van der Waals surface area contributed by atoms with Gasteiger partial charge in [-0.1, -0.05) is 154 Å². The van der Waals surface area contributed by atoms with E-state index in [4.69, 9.17) is 14.2 Å². The molecule has 0 aliphatic rings. The molecule has 0 amide bonds. The van der Waals surface area contributed by atoms with Gasteiger partial charge in [0.25, 0.3) is 0 Å². The van der Waals surface area contributed by atoms with Crippen LogP contribution in [0.4, 0.5) is 0 Å². The Balaban J connectivity index is 1.82. The second kappa shape index (κ2) is 29.1. The van der Waals surface area contributed by atoms with Crippen molar-refractivity contribution in [3.05, 3.63) is 101 Å². The first-order valence-corrected chi connectivity index (χ1v) is 22.9. The molecule has 3 aromatic carbocycles. The lowest BCUT2D eigenvalue weighted by Crippen LogP contribution is -2.12. The van der Waals surface area contributed by atoms with E-state index in [0.717, 1.165) is 53.2 Å². The molecule has 3 unspecified atom stereocenters. The maximum Gasteiger partial charge on any atom is 0.213 e. The summed E-state index contributed by atoms with van der Waals surface area (Å²) in [6.07, 6.45) is 14.1. The fourth-order valence-electron chi connectivity index (χ4n) is 6.43. The molecule has 0 fully saturated rings. The summed E-state index contributed by atoms with van der Waals surface area (Å²) >= 11 is 0. The number of azo groups is 3. The fraction of sp³-hybridized carbons (Fsp3) is 0.574. The number of para-hydroxylation sites is 3. The number of unbranched alkanes of at least 4 members (excludes halogenated alkanes) is 3. The van der Waals surface area contributed by atoms with Crippen molar-refractivity contribution in [3.63, 3.8) is 0 Å². The average molecular weight is 797 g/mol. The van der Waals surface area contributed by atoms with Crippen LogP contribution in [0.2, 0.25) is 0 Å². The number of rotatable bonds is 30. The van der Waals surface area contributed by atoms with E-state index >= 15 is 0 Å². The van der Waals surface area contributed by atoms with Gasteiger partial charge in [0.2, 0.25) is 5.82 Å². The van der Waals surface area contributed by atoms with Crippen LogP contribution in [0.3, 0.4) is 0 Å². The zero-order valence-electron chi connectivity index (χ0n) is 36.3. The van der Waals surface area contributed by atoms with Gasteiger partial charge in [-0.2, -0.15) is 20.5 Å². The van der Waals surface area contributed by atoms with Gasteiger partial charge in [0.1, 0.15) is 17.2 Å². The third-order valence-corrected chi connectivity index (χ3v) is 11.2. The van der Waals surface area contributed by atoms with Gasteiger partial charge in [0.05, 0.1) is 55.0 Å². The number of nitrogens with zero attached hydrogens (tertiary/aromatic N) is 6. The molecule has 0 saturated heterocycles. The summed E-state index contributed by atoms with van der Waals surface area (Å²) in [6, 6.07) is 24.2. The predicted octanol–water partition coefficient (Wildman–Crippen LogP) is 13.2. The van der Waals surface area contributed by atoms with Gasteiger partial charge < -0.3 is 14.2 Å². The highest BCUT2D eigenvalue weighted by Gasteiger charge is 2.12. The first-order chi connectivity index (χ1) is 28.0. The van der Waals surface area contributed by atoms with Gasteiger partial charge in [-0.3, -0.25) is 0 Å². The van der Waals surface area contributed by atoms with Crippen LogP contribution < -0.4 is 14.2 Å². The van der Waals surface area contributed by atoms with Gasteiger partial charge in [0, 0.05) is 16.7 Å². The fourth-order valence-corrected chi connectivity index (χ4v) is 6.77. The lowest BCUT2D eigenvalue weighted by Gasteiger charge is -2.17. The molecule has 10 heteroatoms. The molecule has 3 aromatic rings. The Labute approximate surface area is 347 Å². The highest BCUT2D eigenvalue weighted by atomic mass is 28.1. The van der Waals surface area contributed by atoms with E-state index in [-0.39, 0.29) is 0 Å². The Morgan fingerprint density at radius 2 is 0.789 bits per heavy atom. The molecule has 0 aliphatic heterocycles. The monoisotopic (exact) mass is 797 g/mol. The molecule has 0 spiro atoms.